The summed E-state index contributed by atoms with van der Waals surface area (Å²) in [5, 5.41) is 1.20. The van der Waals surface area contributed by atoms with Crippen LogP contribution in [0.4, 0.5) is 13.2 Å². The minimum absolute atomic E-state index is 0.505. The van der Waals surface area contributed by atoms with Crippen molar-refractivity contribution >= 4 is 13.3 Å². The lowest BCUT2D eigenvalue weighted by Crippen LogP contribution is -2.44. The van der Waals surface area contributed by atoms with Gasteiger partial charge in [-0.15, -0.1) is 0 Å². The van der Waals surface area contributed by atoms with Crippen LogP contribution in [-0.4, -0.2) is 8.07 Å². The smallest absolute Gasteiger partial charge is 0.194 e. The summed E-state index contributed by atoms with van der Waals surface area (Å²) in [7, 11) is -1.99. The van der Waals surface area contributed by atoms with E-state index in [9.17, 15) is 13.2 Å². The zero-order valence-electron chi connectivity index (χ0n) is 17.9. The van der Waals surface area contributed by atoms with Crippen molar-refractivity contribution in [1.82, 2.24) is 0 Å². The molecule has 30 heavy (non-hydrogen) atoms. The molecule has 158 valence electrons. The van der Waals surface area contributed by atoms with E-state index in [1.54, 1.807) is 0 Å². The summed E-state index contributed by atoms with van der Waals surface area (Å²) < 4.78 is 40.4. The number of hydrogen-bond donors (Lipinski definition) is 0. The van der Waals surface area contributed by atoms with Crippen LogP contribution in [-0.2, 0) is 12.5 Å². The number of aryl methyl sites for hydroxylation is 1. The third-order valence-electron chi connectivity index (χ3n) is 5.71. The van der Waals surface area contributed by atoms with E-state index in [2.05, 4.69) is 68.5 Å². The van der Waals surface area contributed by atoms with Gasteiger partial charge in [0.15, 0.2) is 17.5 Å². The second kappa shape index (κ2) is 9.65. The topological polar surface area (TPSA) is 0 Å². The molecule has 0 bridgehead atoms. The summed E-state index contributed by atoms with van der Waals surface area (Å²) in [5.74, 6) is -3.65. The molecule has 0 saturated heterocycles. The van der Waals surface area contributed by atoms with Crippen molar-refractivity contribution in [1.29, 1.82) is 0 Å². The van der Waals surface area contributed by atoms with E-state index >= 15 is 0 Å². The standard InChI is InChI=1S/C26H29F3Si/c1-4-5-6-7-19-8-10-21(11-9-19)22-12-14-23(15-13-22)30(2,3)18-20-16-24(27)26(29)25(28)17-20/h8-17H,4-7,18H2,1-3H3. The zero-order chi connectivity index (χ0) is 21.7. The minimum Gasteiger partial charge on any atom is -0.204 e. The molecule has 4 heteroatoms. The Hall–Kier alpha value is -2.33. The van der Waals surface area contributed by atoms with Crippen LogP contribution < -0.4 is 5.19 Å². The van der Waals surface area contributed by atoms with Crippen molar-refractivity contribution in [2.75, 3.05) is 0 Å². The molecule has 0 unspecified atom stereocenters. The first kappa shape index (κ1) is 22.4. The van der Waals surface area contributed by atoms with E-state index in [0.29, 0.717) is 11.6 Å². The molecular weight excluding hydrogens is 397 g/mol. The molecule has 0 aliphatic rings. The molecule has 0 atom stereocenters. The Morgan fingerprint density at radius 2 is 1.23 bits per heavy atom. The monoisotopic (exact) mass is 426 g/mol. The first-order valence-electron chi connectivity index (χ1n) is 10.6. The van der Waals surface area contributed by atoms with Crippen molar-refractivity contribution in [3.8, 4) is 11.1 Å². The molecule has 0 N–H and O–H groups in total. The van der Waals surface area contributed by atoms with Gasteiger partial charge in [0.25, 0.3) is 0 Å². The van der Waals surface area contributed by atoms with Gasteiger partial charge >= 0.3 is 0 Å². The van der Waals surface area contributed by atoms with E-state index in [0.717, 1.165) is 24.1 Å². The van der Waals surface area contributed by atoms with Crippen molar-refractivity contribution in [2.45, 2.75) is 51.7 Å². The third kappa shape index (κ3) is 5.42. The van der Waals surface area contributed by atoms with E-state index in [1.807, 2.05) is 0 Å². The van der Waals surface area contributed by atoms with Crippen molar-refractivity contribution in [2.24, 2.45) is 0 Å². The molecular formula is C26H29F3Si. The van der Waals surface area contributed by atoms with Gasteiger partial charge in [-0.1, -0.05) is 86.6 Å². The van der Waals surface area contributed by atoms with Gasteiger partial charge in [-0.25, -0.2) is 13.2 Å². The Balaban J connectivity index is 1.72. The summed E-state index contributed by atoms with van der Waals surface area (Å²) in [6, 6.07) is 20.0. The molecule has 0 aliphatic carbocycles. The number of hydrogen-bond acceptors (Lipinski definition) is 0. The van der Waals surface area contributed by atoms with Gasteiger partial charge in [-0.2, -0.15) is 0 Å². The predicted molar refractivity (Wildman–Crippen MR) is 122 cm³/mol. The second-order valence-corrected chi connectivity index (χ2v) is 13.4. The second-order valence-electron chi connectivity index (χ2n) is 8.67. The maximum atomic E-state index is 13.6. The lowest BCUT2D eigenvalue weighted by molar-refractivity contribution is 0.446. The molecule has 0 aliphatic heterocycles. The maximum absolute atomic E-state index is 13.6. The van der Waals surface area contributed by atoms with Crippen LogP contribution in [0.5, 0.6) is 0 Å². The fourth-order valence-electron chi connectivity index (χ4n) is 3.88. The van der Waals surface area contributed by atoms with Crippen LogP contribution in [0, 0.1) is 17.5 Å². The summed E-state index contributed by atoms with van der Waals surface area (Å²) in [6.07, 6.45) is 4.85. The van der Waals surface area contributed by atoms with Crippen molar-refractivity contribution in [3.63, 3.8) is 0 Å². The average molecular weight is 427 g/mol. The van der Waals surface area contributed by atoms with Gasteiger partial charge in [0.2, 0.25) is 0 Å². The summed E-state index contributed by atoms with van der Waals surface area (Å²) >= 11 is 0. The third-order valence-corrected chi connectivity index (χ3v) is 8.90. The molecule has 0 fully saturated rings. The van der Waals surface area contributed by atoms with E-state index in [1.165, 1.54) is 35.6 Å². The van der Waals surface area contributed by atoms with Crippen LogP contribution >= 0.6 is 0 Å². The van der Waals surface area contributed by atoms with E-state index in [-0.39, 0.29) is 0 Å². The summed E-state index contributed by atoms with van der Waals surface area (Å²) in [4.78, 5) is 0. The molecule has 0 aromatic heterocycles. The molecule has 0 spiro atoms. The van der Waals surface area contributed by atoms with Crippen LogP contribution in [0.2, 0.25) is 13.1 Å². The molecule has 0 nitrogen and oxygen atoms in total. The van der Waals surface area contributed by atoms with E-state index in [4.69, 9.17) is 0 Å². The quantitative estimate of drug-likeness (QED) is 0.203. The van der Waals surface area contributed by atoms with Gasteiger partial charge < -0.3 is 0 Å². The van der Waals surface area contributed by atoms with Crippen LogP contribution in [0.15, 0.2) is 60.7 Å². The van der Waals surface area contributed by atoms with Crippen LogP contribution in [0.25, 0.3) is 11.1 Å². The van der Waals surface area contributed by atoms with Gasteiger partial charge in [-0.05, 0) is 53.3 Å². The summed E-state index contributed by atoms with van der Waals surface area (Å²) in [5.41, 5.74) is 4.22. The minimum atomic E-state index is -1.99. The number of unbranched alkanes of at least 4 members (excludes halogenated alkanes) is 2. The molecule has 3 rings (SSSR count). The van der Waals surface area contributed by atoms with Crippen molar-refractivity contribution < 1.29 is 13.2 Å². The Labute approximate surface area is 178 Å². The number of rotatable bonds is 8. The lowest BCUT2D eigenvalue weighted by atomic mass is 10.0. The average Bonchev–Trinajstić information content (AvgIpc) is 2.72. The van der Waals surface area contributed by atoms with Crippen molar-refractivity contribution in [3.05, 3.63) is 89.2 Å². The maximum Gasteiger partial charge on any atom is 0.194 e. The van der Waals surface area contributed by atoms with Gasteiger partial charge in [-0.3, -0.25) is 0 Å². The Morgan fingerprint density at radius 3 is 1.77 bits per heavy atom. The highest BCUT2D eigenvalue weighted by atomic mass is 28.3. The molecule has 0 saturated carbocycles. The number of benzene rings is 3. The molecule has 0 radical (unpaired) electrons. The Bertz CT molecular complexity index is 953. The largest absolute Gasteiger partial charge is 0.204 e. The first-order chi connectivity index (χ1) is 14.3. The molecule has 3 aromatic carbocycles. The molecule has 0 heterocycles. The van der Waals surface area contributed by atoms with E-state index < -0.39 is 25.5 Å². The van der Waals surface area contributed by atoms with Gasteiger partial charge in [0, 0.05) is 0 Å². The SMILES string of the molecule is CCCCCc1ccc(-c2ccc([Si](C)(C)Cc3cc(F)c(F)c(F)c3)cc2)cc1. The number of halogens is 3. The summed E-state index contributed by atoms with van der Waals surface area (Å²) in [6.45, 7) is 6.53. The lowest BCUT2D eigenvalue weighted by Gasteiger charge is -2.23. The highest BCUT2D eigenvalue weighted by molar-refractivity contribution is 6.89. The van der Waals surface area contributed by atoms with Crippen LogP contribution in [0.1, 0.15) is 37.3 Å². The molecule has 3 aromatic rings. The van der Waals surface area contributed by atoms with Gasteiger partial charge in [0.1, 0.15) is 0 Å². The predicted octanol–water partition coefficient (Wildman–Crippen LogP) is 7.20. The highest BCUT2D eigenvalue weighted by Gasteiger charge is 2.25. The fourth-order valence-corrected chi connectivity index (χ4v) is 6.38. The Kier molecular flexibility index (Phi) is 7.19. The zero-order valence-corrected chi connectivity index (χ0v) is 18.9. The van der Waals surface area contributed by atoms with Gasteiger partial charge in [0.05, 0.1) is 8.07 Å². The normalized spacial score (nSPS) is 11.7. The fraction of sp³-hybridized carbons (Fsp3) is 0.308. The Morgan fingerprint density at radius 1 is 0.700 bits per heavy atom. The van der Waals surface area contributed by atoms with Crippen LogP contribution in [0.3, 0.4) is 0 Å². The molecule has 0 amide bonds. The highest BCUT2D eigenvalue weighted by Crippen LogP contribution is 2.22. The first-order valence-corrected chi connectivity index (χ1v) is 13.8.